The van der Waals surface area contributed by atoms with Crippen molar-refractivity contribution in [2.45, 2.75) is 13.0 Å². The van der Waals surface area contributed by atoms with Crippen molar-refractivity contribution in [1.29, 1.82) is 5.26 Å². The van der Waals surface area contributed by atoms with Crippen molar-refractivity contribution >= 4 is 0 Å². The van der Waals surface area contributed by atoms with Gasteiger partial charge < -0.3 is 10.1 Å². The van der Waals surface area contributed by atoms with Crippen LogP contribution in [0.1, 0.15) is 17.5 Å². The van der Waals surface area contributed by atoms with E-state index in [0.29, 0.717) is 24.3 Å². The first-order valence-corrected chi connectivity index (χ1v) is 5.16. The van der Waals surface area contributed by atoms with Gasteiger partial charge in [-0.1, -0.05) is 0 Å². The van der Waals surface area contributed by atoms with E-state index in [-0.39, 0.29) is 5.82 Å². The van der Waals surface area contributed by atoms with Crippen LogP contribution in [0.2, 0.25) is 0 Å². The van der Waals surface area contributed by atoms with Crippen LogP contribution in [0.3, 0.4) is 0 Å². The molecule has 0 spiro atoms. The number of benzene rings is 1. The van der Waals surface area contributed by atoms with E-state index in [9.17, 15) is 4.39 Å². The average Bonchev–Trinajstić information content (AvgIpc) is 2.29. The number of methoxy groups -OCH3 is 1. The molecule has 0 amide bonds. The van der Waals surface area contributed by atoms with Crippen LogP contribution < -0.4 is 5.32 Å². The summed E-state index contributed by atoms with van der Waals surface area (Å²) in [7, 11) is 1.65. The Bertz CT molecular complexity index is 374. The molecule has 0 aromatic heterocycles. The van der Waals surface area contributed by atoms with E-state index in [1.54, 1.807) is 7.11 Å². The van der Waals surface area contributed by atoms with Crippen molar-refractivity contribution in [1.82, 2.24) is 5.32 Å². The van der Waals surface area contributed by atoms with Crippen molar-refractivity contribution < 1.29 is 9.13 Å². The fraction of sp³-hybridized carbons (Fsp3) is 0.417. The number of hydrogen-bond acceptors (Lipinski definition) is 3. The topological polar surface area (TPSA) is 45.0 Å². The molecular formula is C12H15FN2O. The molecule has 0 saturated carbocycles. The van der Waals surface area contributed by atoms with Gasteiger partial charge in [-0.25, -0.2) is 4.39 Å². The van der Waals surface area contributed by atoms with E-state index >= 15 is 0 Å². The van der Waals surface area contributed by atoms with Crippen LogP contribution in [0.4, 0.5) is 4.39 Å². The molecule has 0 fully saturated rings. The van der Waals surface area contributed by atoms with E-state index in [2.05, 4.69) is 5.32 Å². The minimum Gasteiger partial charge on any atom is -0.385 e. The molecule has 4 heteroatoms. The third kappa shape index (κ3) is 3.97. The second-order valence-corrected chi connectivity index (χ2v) is 3.44. The Hall–Kier alpha value is -1.44. The molecule has 3 nitrogen and oxygen atoms in total. The van der Waals surface area contributed by atoms with Crippen LogP contribution >= 0.6 is 0 Å². The van der Waals surface area contributed by atoms with Gasteiger partial charge in [0, 0.05) is 20.3 Å². The monoisotopic (exact) mass is 222 g/mol. The predicted molar refractivity (Wildman–Crippen MR) is 59.3 cm³/mol. The van der Waals surface area contributed by atoms with Crippen LogP contribution in [-0.4, -0.2) is 20.3 Å². The summed E-state index contributed by atoms with van der Waals surface area (Å²) in [5, 5.41) is 12.0. The van der Waals surface area contributed by atoms with E-state index in [1.807, 2.05) is 6.07 Å². The molecule has 1 aromatic rings. The second-order valence-electron chi connectivity index (χ2n) is 3.44. The molecule has 0 radical (unpaired) electrons. The smallest absolute Gasteiger partial charge is 0.123 e. The molecule has 0 bridgehead atoms. The fourth-order valence-electron chi connectivity index (χ4n) is 1.38. The Labute approximate surface area is 94.8 Å². The first kappa shape index (κ1) is 12.6. The zero-order valence-corrected chi connectivity index (χ0v) is 9.29. The van der Waals surface area contributed by atoms with Gasteiger partial charge in [-0.2, -0.15) is 5.26 Å². The Morgan fingerprint density at radius 2 is 2.31 bits per heavy atom. The Balaban J connectivity index is 2.46. The molecule has 0 saturated heterocycles. The lowest BCUT2D eigenvalue weighted by atomic mass is 10.1. The maximum absolute atomic E-state index is 13.0. The Morgan fingerprint density at radius 3 is 3.00 bits per heavy atom. The fourth-order valence-corrected chi connectivity index (χ4v) is 1.38. The molecule has 0 heterocycles. The largest absolute Gasteiger partial charge is 0.385 e. The van der Waals surface area contributed by atoms with Gasteiger partial charge in [-0.15, -0.1) is 0 Å². The zero-order valence-electron chi connectivity index (χ0n) is 9.29. The van der Waals surface area contributed by atoms with Gasteiger partial charge in [0.1, 0.15) is 5.82 Å². The van der Waals surface area contributed by atoms with Gasteiger partial charge in [0.25, 0.3) is 0 Å². The summed E-state index contributed by atoms with van der Waals surface area (Å²) < 4.78 is 17.9. The number of nitrogens with zero attached hydrogens (tertiary/aromatic N) is 1. The van der Waals surface area contributed by atoms with Crippen LogP contribution in [0.15, 0.2) is 18.2 Å². The first-order chi connectivity index (χ1) is 7.77. The lowest BCUT2D eigenvalue weighted by molar-refractivity contribution is 0.194. The molecule has 86 valence electrons. The highest BCUT2D eigenvalue weighted by atomic mass is 19.1. The van der Waals surface area contributed by atoms with Gasteiger partial charge >= 0.3 is 0 Å². The number of nitriles is 1. The van der Waals surface area contributed by atoms with Crippen LogP contribution in [0, 0.1) is 17.1 Å². The summed E-state index contributed by atoms with van der Waals surface area (Å²) in [6, 6.07) is 6.23. The van der Waals surface area contributed by atoms with E-state index in [0.717, 1.165) is 13.0 Å². The summed E-state index contributed by atoms with van der Waals surface area (Å²) >= 11 is 0. The standard InChI is InChI=1S/C12H15FN2O/c1-16-6-2-5-15-9-11-7-12(13)4-3-10(11)8-14/h3-4,7,15H,2,5-6,9H2,1H3. The molecule has 16 heavy (non-hydrogen) atoms. The molecule has 1 aromatic carbocycles. The van der Waals surface area contributed by atoms with Gasteiger partial charge in [0.2, 0.25) is 0 Å². The maximum atomic E-state index is 13.0. The van der Waals surface area contributed by atoms with E-state index < -0.39 is 0 Å². The van der Waals surface area contributed by atoms with Crippen LogP contribution in [-0.2, 0) is 11.3 Å². The summed E-state index contributed by atoms with van der Waals surface area (Å²) in [5.41, 5.74) is 1.21. The molecule has 1 N–H and O–H groups in total. The number of hydrogen-bond donors (Lipinski definition) is 1. The van der Waals surface area contributed by atoms with Crippen LogP contribution in [0.25, 0.3) is 0 Å². The third-order valence-corrected chi connectivity index (χ3v) is 2.21. The lowest BCUT2D eigenvalue weighted by Crippen LogP contribution is -2.17. The number of ether oxygens (including phenoxy) is 1. The molecule has 0 aliphatic carbocycles. The number of rotatable bonds is 6. The third-order valence-electron chi connectivity index (χ3n) is 2.21. The SMILES string of the molecule is COCCCNCc1cc(F)ccc1C#N. The van der Waals surface area contributed by atoms with Crippen molar-refractivity contribution in [2.75, 3.05) is 20.3 Å². The molecular weight excluding hydrogens is 207 g/mol. The molecule has 1 rings (SSSR count). The van der Waals surface area contributed by atoms with Crippen molar-refractivity contribution in [2.24, 2.45) is 0 Å². The lowest BCUT2D eigenvalue weighted by Gasteiger charge is -2.06. The summed E-state index contributed by atoms with van der Waals surface area (Å²) in [6.07, 6.45) is 0.897. The number of halogens is 1. The average molecular weight is 222 g/mol. The van der Waals surface area contributed by atoms with Gasteiger partial charge in [0.05, 0.1) is 11.6 Å². The summed E-state index contributed by atoms with van der Waals surface area (Å²) in [6.45, 7) is 1.99. The summed E-state index contributed by atoms with van der Waals surface area (Å²) in [5.74, 6) is -0.312. The van der Waals surface area contributed by atoms with Gasteiger partial charge in [-0.3, -0.25) is 0 Å². The molecule has 0 aliphatic rings. The minimum atomic E-state index is -0.312. The van der Waals surface area contributed by atoms with E-state index in [4.69, 9.17) is 10.00 Å². The Kier molecular flexibility index (Phi) is 5.48. The maximum Gasteiger partial charge on any atom is 0.123 e. The van der Waals surface area contributed by atoms with Crippen molar-refractivity contribution in [3.63, 3.8) is 0 Å². The molecule has 0 atom stereocenters. The van der Waals surface area contributed by atoms with Crippen LogP contribution in [0.5, 0.6) is 0 Å². The number of nitrogens with one attached hydrogen (secondary N) is 1. The van der Waals surface area contributed by atoms with Gasteiger partial charge in [0.15, 0.2) is 0 Å². The van der Waals surface area contributed by atoms with Crippen molar-refractivity contribution in [3.05, 3.63) is 35.1 Å². The molecule has 0 aliphatic heterocycles. The molecule has 0 unspecified atom stereocenters. The highest BCUT2D eigenvalue weighted by molar-refractivity contribution is 5.37. The highest BCUT2D eigenvalue weighted by Gasteiger charge is 2.02. The highest BCUT2D eigenvalue weighted by Crippen LogP contribution is 2.09. The predicted octanol–water partition coefficient (Wildman–Crippen LogP) is 1.82. The Morgan fingerprint density at radius 1 is 1.50 bits per heavy atom. The van der Waals surface area contributed by atoms with Crippen molar-refractivity contribution in [3.8, 4) is 6.07 Å². The van der Waals surface area contributed by atoms with Gasteiger partial charge in [-0.05, 0) is 36.7 Å². The quantitative estimate of drug-likeness (QED) is 0.747. The normalized spacial score (nSPS) is 10.1. The van der Waals surface area contributed by atoms with E-state index in [1.165, 1.54) is 18.2 Å². The first-order valence-electron chi connectivity index (χ1n) is 5.16. The second kappa shape index (κ2) is 6.94. The summed E-state index contributed by atoms with van der Waals surface area (Å²) in [4.78, 5) is 0. The minimum absolute atomic E-state index is 0.312. The zero-order chi connectivity index (χ0) is 11.8.